The first-order chi connectivity index (χ1) is 6.25. The van der Waals surface area contributed by atoms with Crippen LogP contribution in [0.4, 0.5) is 0 Å². The van der Waals surface area contributed by atoms with E-state index in [0.29, 0.717) is 11.9 Å². The number of rotatable bonds is 3. The van der Waals surface area contributed by atoms with Crippen molar-refractivity contribution in [3.05, 3.63) is 16.3 Å². The molecule has 6 nitrogen and oxygen atoms in total. The van der Waals surface area contributed by atoms with Crippen molar-refractivity contribution in [3.63, 3.8) is 0 Å². The van der Waals surface area contributed by atoms with Gasteiger partial charge in [0, 0.05) is 19.1 Å². The van der Waals surface area contributed by atoms with Gasteiger partial charge in [0.1, 0.15) is 5.82 Å². The first-order valence-electron chi connectivity index (χ1n) is 4.37. The summed E-state index contributed by atoms with van der Waals surface area (Å²) in [6.07, 6.45) is 0. The third-order valence-corrected chi connectivity index (χ3v) is 2.20. The molecule has 1 unspecified atom stereocenters. The molecule has 1 aliphatic heterocycles. The second-order valence-corrected chi connectivity index (χ2v) is 3.31. The average Bonchev–Trinajstić information content (AvgIpc) is 2.44. The highest BCUT2D eigenvalue weighted by atomic mass is 16.1. The van der Waals surface area contributed by atoms with Crippen LogP contribution >= 0.6 is 0 Å². The van der Waals surface area contributed by atoms with E-state index in [1.165, 1.54) is 0 Å². The molecule has 72 valence electrons. The minimum absolute atomic E-state index is 0.0889. The summed E-state index contributed by atoms with van der Waals surface area (Å²) in [5, 5.41) is 12.7. The fourth-order valence-electron chi connectivity index (χ4n) is 1.33. The van der Waals surface area contributed by atoms with E-state index in [0.717, 1.165) is 13.1 Å². The smallest absolute Gasteiger partial charge is 0.314 e. The van der Waals surface area contributed by atoms with Crippen molar-refractivity contribution < 1.29 is 0 Å². The van der Waals surface area contributed by atoms with Crippen molar-refractivity contribution in [2.45, 2.75) is 19.0 Å². The lowest BCUT2D eigenvalue weighted by Gasteiger charge is -2.30. The van der Waals surface area contributed by atoms with Gasteiger partial charge in [-0.05, 0) is 6.92 Å². The van der Waals surface area contributed by atoms with Crippen molar-refractivity contribution in [1.82, 2.24) is 25.8 Å². The largest absolute Gasteiger partial charge is 0.340 e. The molecule has 0 amide bonds. The van der Waals surface area contributed by atoms with Gasteiger partial charge in [-0.15, -0.1) is 0 Å². The van der Waals surface area contributed by atoms with Crippen molar-refractivity contribution in [2.24, 2.45) is 0 Å². The topological polar surface area (TPSA) is 85.6 Å². The molecule has 0 radical (unpaired) electrons. The van der Waals surface area contributed by atoms with Crippen LogP contribution in [-0.4, -0.2) is 34.3 Å². The van der Waals surface area contributed by atoms with Crippen molar-refractivity contribution in [2.75, 3.05) is 13.1 Å². The maximum absolute atomic E-state index is 10.8. The summed E-state index contributed by atoms with van der Waals surface area (Å²) in [6, 6.07) is 0.584. The molecule has 1 aliphatic rings. The van der Waals surface area contributed by atoms with E-state index in [-0.39, 0.29) is 11.7 Å². The van der Waals surface area contributed by atoms with Gasteiger partial charge < -0.3 is 10.6 Å². The van der Waals surface area contributed by atoms with Crippen LogP contribution in [0.2, 0.25) is 0 Å². The average molecular weight is 183 g/mol. The molecular formula is C7H13N5O. The number of aromatic nitrogens is 3. The fourth-order valence-corrected chi connectivity index (χ4v) is 1.33. The van der Waals surface area contributed by atoms with E-state index in [4.69, 9.17) is 0 Å². The quantitative estimate of drug-likeness (QED) is 0.470. The van der Waals surface area contributed by atoms with Crippen molar-refractivity contribution >= 4 is 0 Å². The molecule has 4 N–H and O–H groups in total. The van der Waals surface area contributed by atoms with Crippen LogP contribution in [0.15, 0.2) is 4.79 Å². The predicted molar refractivity (Wildman–Crippen MR) is 47.4 cm³/mol. The molecular weight excluding hydrogens is 170 g/mol. The van der Waals surface area contributed by atoms with Gasteiger partial charge >= 0.3 is 5.69 Å². The summed E-state index contributed by atoms with van der Waals surface area (Å²) in [7, 11) is 0. The highest BCUT2D eigenvalue weighted by Gasteiger charge is 2.20. The SMILES string of the molecule is CC(NC1CNC1)c1n[nH]c(=O)[nH]1. The first-order valence-corrected chi connectivity index (χ1v) is 4.37. The van der Waals surface area contributed by atoms with Crippen molar-refractivity contribution in [3.8, 4) is 0 Å². The molecule has 0 aliphatic carbocycles. The van der Waals surface area contributed by atoms with Crippen LogP contribution in [0.25, 0.3) is 0 Å². The van der Waals surface area contributed by atoms with Crippen LogP contribution in [0.1, 0.15) is 18.8 Å². The van der Waals surface area contributed by atoms with E-state index < -0.39 is 0 Å². The molecule has 1 aromatic rings. The molecule has 13 heavy (non-hydrogen) atoms. The van der Waals surface area contributed by atoms with E-state index in [9.17, 15) is 4.79 Å². The molecule has 1 atom stereocenters. The van der Waals surface area contributed by atoms with Crippen LogP contribution < -0.4 is 16.3 Å². The molecule has 1 fully saturated rings. The number of aromatic amines is 2. The molecule has 1 saturated heterocycles. The molecule has 0 bridgehead atoms. The molecule has 2 rings (SSSR count). The Morgan fingerprint density at radius 1 is 1.62 bits per heavy atom. The van der Waals surface area contributed by atoms with E-state index >= 15 is 0 Å². The normalized spacial score (nSPS) is 19.8. The molecule has 0 saturated carbocycles. The summed E-state index contributed by atoms with van der Waals surface area (Å²) in [6.45, 7) is 3.95. The minimum Gasteiger partial charge on any atom is -0.314 e. The Balaban J connectivity index is 1.95. The number of hydrogen-bond acceptors (Lipinski definition) is 4. The van der Waals surface area contributed by atoms with Gasteiger partial charge in [0.25, 0.3) is 0 Å². The number of H-pyrrole nitrogens is 2. The Hall–Kier alpha value is -1.14. The Bertz CT molecular complexity index is 326. The molecule has 2 heterocycles. The third-order valence-electron chi connectivity index (χ3n) is 2.20. The summed E-state index contributed by atoms with van der Waals surface area (Å²) < 4.78 is 0. The molecule has 1 aromatic heterocycles. The summed E-state index contributed by atoms with van der Waals surface area (Å²) >= 11 is 0. The number of nitrogens with zero attached hydrogens (tertiary/aromatic N) is 1. The van der Waals surface area contributed by atoms with Gasteiger partial charge in [-0.1, -0.05) is 0 Å². The summed E-state index contributed by atoms with van der Waals surface area (Å²) in [5.74, 6) is 0.664. The van der Waals surface area contributed by atoms with Gasteiger partial charge in [-0.3, -0.25) is 4.98 Å². The van der Waals surface area contributed by atoms with Crippen LogP contribution in [-0.2, 0) is 0 Å². The van der Waals surface area contributed by atoms with Gasteiger partial charge in [0.05, 0.1) is 6.04 Å². The van der Waals surface area contributed by atoms with Gasteiger partial charge in [-0.25, -0.2) is 9.89 Å². The Morgan fingerprint density at radius 2 is 2.38 bits per heavy atom. The van der Waals surface area contributed by atoms with Gasteiger partial charge in [0.2, 0.25) is 0 Å². The van der Waals surface area contributed by atoms with Crippen LogP contribution in [0.5, 0.6) is 0 Å². The maximum Gasteiger partial charge on any atom is 0.340 e. The van der Waals surface area contributed by atoms with Gasteiger partial charge in [0.15, 0.2) is 0 Å². The Labute approximate surface area is 75.1 Å². The summed E-state index contributed by atoms with van der Waals surface area (Å²) in [4.78, 5) is 13.4. The zero-order valence-corrected chi connectivity index (χ0v) is 7.42. The number of nitrogens with one attached hydrogen (secondary N) is 4. The zero-order valence-electron chi connectivity index (χ0n) is 7.42. The lowest BCUT2D eigenvalue weighted by atomic mass is 10.1. The fraction of sp³-hybridized carbons (Fsp3) is 0.714. The lowest BCUT2D eigenvalue weighted by Crippen LogP contribution is -2.55. The van der Waals surface area contributed by atoms with E-state index in [1.54, 1.807) is 0 Å². The maximum atomic E-state index is 10.8. The Morgan fingerprint density at radius 3 is 2.85 bits per heavy atom. The molecule has 0 aromatic carbocycles. The monoisotopic (exact) mass is 183 g/mol. The second-order valence-electron chi connectivity index (χ2n) is 3.31. The third kappa shape index (κ3) is 1.78. The number of hydrogen-bond donors (Lipinski definition) is 4. The highest BCUT2D eigenvalue weighted by molar-refractivity contribution is 4.93. The van der Waals surface area contributed by atoms with Crippen LogP contribution in [0.3, 0.4) is 0 Å². The molecule has 0 spiro atoms. The standard InChI is InChI=1S/C7H13N5O/c1-4(9-5-2-8-3-5)6-10-7(13)12-11-6/h4-5,8-9H,2-3H2,1H3,(H2,10,11,12,13). The highest BCUT2D eigenvalue weighted by Crippen LogP contribution is 2.05. The minimum atomic E-state index is -0.254. The summed E-state index contributed by atoms with van der Waals surface area (Å²) in [5.41, 5.74) is -0.254. The van der Waals surface area contributed by atoms with E-state index in [2.05, 4.69) is 25.8 Å². The lowest BCUT2D eigenvalue weighted by molar-refractivity contribution is 0.333. The first kappa shape index (κ1) is 8.46. The van der Waals surface area contributed by atoms with E-state index in [1.807, 2.05) is 6.92 Å². The molecule has 6 heteroatoms. The van der Waals surface area contributed by atoms with Crippen LogP contribution in [0, 0.1) is 0 Å². The predicted octanol–water partition coefficient (Wildman–Crippen LogP) is -1.28. The zero-order chi connectivity index (χ0) is 9.26. The Kier molecular flexibility index (Phi) is 2.15. The van der Waals surface area contributed by atoms with Gasteiger partial charge in [-0.2, -0.15) is 5.10 Å². The van der Waals surface area contributed by atoms with Crippen molar-refractivity contribution in [1.29, 1.82) is 0 Å². The second kappa shape index (κ2) is 3.31.